The molecule has 5 rings (SSSR count). The Hall–Kier alpha value is -3.35. The fourth-order valence-electron chi connectivity index (χ4n) is 4.48. The number of hydrogen-bond donors (Lipinski definition) is 0. The number of aromatic nitrogens is 2. The quantitative estimate of drug-likeness (QED) is 0.415. The highest BCUT2D eigenvalue weighted by molar-refractivity contribution is 8.18. The van der Waals surface area contributed by atoms with Gasteiger partial charge in [0, 0.05) is 43.7 Å². The van der Waals surface area contributed by atoms with Gasteiger partial charge in [0.05, 0.1) is 28.7 Å². The second-order valence-electron chi connectivity index (χ2n) is 9.03. The van der Waals surface area contributed by atoms with Gasteiger partial charge in [0.15, 0.2) is 5.17 Å². The summed E-state index contributed by atoms with van der Waals surface area (Å²) in [5.41, 5.74) is 0.662. The normalized spacial score (nSPS) is 17.4. The number of piperazine rings is 1. The first kappa shape index (κ1) is 27.2. The molecule has 0 bridgehead atoms. The molecule has 2 aliphatic rings. The van der Waals surface area contributed by atoms with E-state index in [1.54, 1.807) is 29.3 Å². The van der Waals surface area contributed by atoms with E-state index in [2.05, 4.69) is 10.1 Å². The van der Waals surface area contributed by atoms with Crippen LogP contribution in [-0.2, 0) is 27.0 Å². The number of methoxy groups -OCH3 is 1. The molecule has 1 saturated heterocycles. The molecule has 2 aliphatic heterocycles. The monoisotopic (exact) mass is 577 g/mol. The van der Waals surface area contributed by atoms with Crippen molar-refractivity contribution in [3.8, 4) is 0 Å². The molecule has 2 aromatic carbocycles. The lowest BCUT2D eigenvalue weighted by Gasteiger charge is -2.35. The molecular formula is C26H23ClF3N5O3S. The van der Waals surface area contributed by atoms with Crippen molar-refractivity contribution in [2.75, 3.05) is 39.9 Å². The van der Waals surface area contributed by atoms with Gasteiger partial charge in [0.25, 0.3) is 5.91 Å². The Morgan fingerprint density at radius 2 is 1.92 bits per heavy atom. The second kappa shape index (κ2) is 11.0. The number of carbonyl (C=O) groups is 2. The van der Waals surface area contributed by atoms with Gasteiger partial charge < -0.3 is 14.5 Å². The number of amides is 2. The van der Waals surface area contributed by atoms with Crippen LogP contribution in [0.5, 0.6) is 0 Å². The molecule has 204 valence electrons. The van der Waals surface area contributed by atoms with Crippen molar-refractivity contribution in [1.29, 1.82) is 0 Å². The van der Waals surface area contributed by atoms with E-state index in [-0.39, 0.29) is 35.6 Å². The third-order valence-corrected chi connectivity index (χ3v) is 7.72. The molecule has 8 nitrogen and oxygen atoms in total. The van der Waals surface area contributed by atoms with E-state index in [4.69, 9.17) is 16.3 Å². The summed E-state index contributed by atoms with van der Waals surface area (Å²) < 4.78 is 47.0. The highest BCUT2D eigenvalue weighted by atomic mass is 35.5. The van der Waals surface area contributed by atoms with Gasteiger partial charge in [-0.2, -0.15) is 23.3 Å². The summed E-state index contributed by atoms with van der Waals surface area (Å²) in [4.78, 5) is 33.0. The Bertz CT molecular complexity index is 1500. The summed E-state index contributed by atoms with van der Waals surface area (Å²) in [5.74, 6) is -0.409. The molecular weight excluding hydrogens is 555 g/mol. The molecule has 3 heterocycles. The maximum absolute atomic E-state index is 13.5. The molecule has 2 amide bonds. The number of halogens is 4. The van der Waals surface area contributed by atoms with Crippen molar-refractivity contribution >= 4 is 57.3 Å². The molecule has 13 heteroatoms. The third kappa shape index (κ3) is 5.97. The van der Waals surface area contributed by atoms with Crippen LogP contribution < -0.4 is 0 Å². The van der Waals surface area contributed by atoms with Gasteiger partial charge in [-0.3, -0.25) is 14.3 Å². The van der Waals surface area contributed by atoms with E-state index >= 15 is 0 Å². The molecule has 0 atom stereocenters. The van der Waals surface area contributed by atoms with Crippen molar-refractivity contribution in [3.05, 3.63) is 69.2 Å². The first-order valence-electron chi connectivity index (χ1n) is 12.0. The number of alkyl halides is 3. The number of aliphatic imine (C=N–C) groups is 1. The molecule has 3 aromatic rings. The molecule has 0 spiro atoms. The van der Waals surface area contributed by atoms with Crippen LogP contribution >= 0.6 is 23.4 Å². The number of fused-ring (bicyclic) bond motifs is 1. The number of nitrogens with zero attached hydrogens (tertiary/aromatic N) is 5. The number of thioether (sulfide) groups is 1. The van der Waals surface area contributed by atoms with Gasteiger partial charge >= 0.3 is 6.18 Å². The van der Waals surface area contributed by atoms with Crippen molar-refractivity contribution in [2.24, 2.45) is 4.99 Å². The average molecular weight is 578 g/mol. The maximum Gasteiger partial charge on any atom is 0.416 e. The smallest absolute Gasteiger partial charge is 0.375 e. The summed E-state index contributed by atoms with van der Waals surface area (Å²) in [6, 6.07) is 9.07. The summed E-state index contributed by atoms with van der Waals surface area (Å²) in [7, 11) is 1.48. The topological polar surface area (TPSA) is 80.0 Å². The highest BCUT2D eigenvalue weighted by Crippen LogP contribution is 2.35. The first-order chi connectivity index (χ1) is 18.6. The van der Waals surface area contributed by atoms with Crippen LogP contribution in [0.1, 0.15) is 16.7 Å². The number of hydrogen-bond acceptors (Lipinski definition) is 6. The molecule has 1 fully saturated rings. The average Bonchev–Trinajstić information content (AvgIpc) is 3.47. The predicted octanol–water partition coefficient (Wildman–Crippen LogP) is 4.52. The van der Waals surface area contributed by atoms with Gasteiger partial charge in [0.2, 0.25) is 5.91 Å². The SMILES string of the molecule is COCC(=O)N1CCN(C2=NC(=O)/C(=C/c3ccc4c(cnn4Cc4ccc(Cl)cc4C(F)(F)F)c3)S2)CC1. The fourth-order valence-corrected chi connectivity index (χ4v) is 5.62. The molecule has 0 N–H and O–H groups in total. The fraction of sp³-hybridized carbons (Fsp3) is 0.308. The van der Waals surface area contributed by atoms with E-state index in [1.165, 1.54) is 35.7 Å². The van der Waals surface area contributed by atoms with Crippen LogP contribution in [0.25, 0.3) is 17.0 Å². The predicted molar refractivity (Wildman–Crippen MR) is 143 cm³/mol. The summed E-state index contributed by atoms with van der Waals surface area (Å²) in [6.07, 6.45) is -1.22. The Morgan fingerprint density at radius 3 is 2.64 bits per heavy atom. The lowest BCUT2D eigenvalue weighted by molar-refractivity contribution is -0.138. The van der Waals surface area contributed by atoms with Gasteiger partial charge in [0.1, 0.15) is 6.61 Å². The largest absolute Gasteiger partial charge is 0.416 e. The molecule has 1 aromatic heterocycles. The Kier molecular flexibility index (Phi) is 7.70. The van der Waals surface area contributed by atoms with Crippen molar-refractivity contribution in [3.63, 3.8) is 0 Å². The summed E-state index contributed by atoms with van der Waals surface area (Å²) >= 11 is 7.07. The molecule has 39 heavy (non-hydrogen) atoms. The summed E-state index contributed by atoms with van der Waals surface area (Å²) in [6.45, 7) is 2.14. The van der Waals surface area contributed by atoms with Crippen LogP contribution in [0.15, 0.2) is 52.5 Å². The molecule has 0 unspecified atom stereocenters. The number of ether oxygens (including phenoxy) is 1. The van der Waals surface area contributed by atoms with Crippen molar-refractivity contribution in [2.45, 2.75) is 12.7 Å². The van der Waals surface area contributed by atoms with E-state index in [9.17, 15) is 22.8 Å². The minimum absolute atomic E-state index is 0.0139. The van der Waals surface area contributed by atoms with Crippen molar-refractivity contribution in [1.82, 2.24) is 19.6 Å². The Labute approximate surface area is 231 Å². The van der Waals surface area contributed by atoms with Crippen LogP contribution in [0, 0.1) is 0 Å². The zero-order valence-electron chi connectivity index (χ0n) is 20.7. The van der Waals surface area contributed by atoms with Crippen LogP contribution in [0.3, 0.4) is 0 Å². The van der Waals surface area contributed by atoms with Gasteiger partial charge in [-0.1, -0.05) is 23.7 Å². The second-order valence-corrected chi connectivity index (χ2v) is 10.5. The standard InChI is InChI=1S/C26H23ClF3N5O3S/c1-38-15-23(36)33-6-8-34(9-7-33)25-32-24(37)22(39-25)11-16-2-5-21-18(10-16)13-31-35(21)14-17-3-4-19(27)12-20(17)26(28,29)30/h2-5,10-13H,6-9,14-15H2,1H3/b22-11-. The van der Waals surface area contributed by atoms with Crippen LogP contribution in [0.2, 0.25) is 5.02 Å². The van der Waals surface area contributed by atoms with Gasteiger partial charge in [-0.25, -0.2) is 0 Å². The minimum atomic E-state index is -4.54. The number of benzene rings is 2. The van der Waals surface area contributed by atoms with Crippen LogP contribution in [0.4, 0.5) is 13.2 Å². The van der Waals surface area contributed by atoms with E-state index < -0.39 is 11.7 Å². The number of rotatable bonds is 5. The Morgan fingerprint density at radius 1 is 1.15 bits per heavy atom. The number of amidine groups is 1. The first-order valence-corrected chi connectivity index (χ1v) is 13.2. The van der Waals surface area contributed by atoms with Crippen LogP contribution in [-0.4, -0.2) is 76.5 Å². The number of carbonyl (C=O) groups excluding carboxylic acids is 2. The highest BCUT2D eigenvalue weighted by Gasteiger charge is 2.34. The van der Waals surface area contributed by atoms with E-state index in [0.29, 0.717) is 41.8 Å². The maximum atomic E-state index is 13.5. The molecule has 0 aliphatic carbocycles. The third-order valence-electron chi connectivity index (χ3n) is 6.44. The van der Waals surface area contributed by atoms with Crippen molar-refractivity contribution < 1.29 is 27.5 Å². The minimum Gasteiger partial charge on any atom is -0.375 e. The zero-order valence-corrected chi connectivity index (χ0v) is 22.3. The lowest BCUT2D eigenvalue weighted by Crippen LogP contribution is -2.50. The van der Waals surface area contributed by atoms with E-state index in [0.717, 1.165) is 17.0 Å². The Balaban J connectivity index is 1.28. The van der Waals surface area contributed by atoms with Gasteiger partial charge in [-0.15, -0.1) is 0 Å². The molecule has 0 radical (unpaired) electrons. The zero-order chi connectivity index (χ0) is 27.7. The van der Waals surface area contributed by atoms with E-state index in [1.807, 2.05) is 11.0 Å². The summed E-state index contributed by atoms with van der Waals surface area (Å²) in [5, 5.41) is 5.62. The lowest BCUT2D eigenvalue weighted by atomic mass is 10.1. The van der Waals surface area contributed by atoms with Gasteiger partial charge in [-0.05, 0) is 53.2 Å². The molecule has 0 saturated carbocycles.